The number of aromatic nitrogens is 1. The molecule has 0 amide bonds. The summed E-state index contributed by atoms with van der Waals surface area (Å²) >= 11 is 0. The number of pyridine rings is 1. The maximum atomic E-state index is 13.3. The number of aromatic amines is 1. The highest BCUT2D eigenvalue weighted by atomic mass is 19.1. The SMILES string of the molecule is Cc1c(F)cccc1-c1ccc[nH]c1=O. The minimum atomic E-state index is -0.296. The van der Waals surface area contributed by atoms with E-state index in [0.29, 0.717) is 16.7 Å². The van der Waals surface area contributed by atoms with Crippen LogP contribution in [0.25, 0.3) is 11.1 Å². The maximum Gasteiger partial charge on any atom is 0.255 e. The largest absolute Gasteiger partial charge is 0.329 e. The molecule has 0 bridgehead atoms. The monoisotopic (exact) mass is 203 g/mol. The highest BCUT2D eigenvalue weighted by molar-refractivity contribution is 5.66. The summed E-state index contributed by atoms with van der Waals surface area (Å²) in [6.07, 6.45) is 1.56. The Morgan fingerprint density at radius 3 is 2.60 bits per heavy atom. The molecule has 15 heavy (non-hydrogen) atoms. The predicted octanol–water partition coefficient (Wildman–Crippen LogP) is 2.49. The average Bonchev–Trinajstić information content (AvgIpc) is 2.23. The highest BCUT2D eigenvalue weighted by Crippen LogP contribution is 2.21. The van der Waals surface area contributed by atoms with Gasteiger partial charge in [0.25, 0.3) is 5.56 Å². The molecule has 1 aromatic heterocycles. The van der Waals surface area contributed by atoms with Crippen LogP contribution in [0.1, 0.15) is 5.56 Å². The molecule has 0 radical (unpaired) electrons. The molecule has 76 valence electrons. The lowest BCUT2D eigenvalue weighted by Crippen LogP contribution is -2.08. The summed E-state index contributed by atoms with van der Waals surface area (Å²) in [5.74, 6) is -0.296. The molecule has 0 fully saturated rings. The van der Waals surface area contributed by atoms with Gasteiger partial charge in [-0.05, 0) is 36.2 Å². The van der Waals surface area contributed by atoms with Gasteiger partial charge in [0.1, 0.15) is 5.82 Å². The number of halogens is 1. The van der Waals surface area contributed by atoms with Gasteiger partial charge in [0.15, 0.2) is 0 Å². The molecule has 0 saturated heterocycles. The molecule has 0 aliphatic rings. The van der Waals surface area contributed by atoms with Crippen LogP contribution >= 0.6 is 0 Å². The lowest BCUT2D eigenvalue weighted by Gasteiger charge is -2.05. The summed E-state index contributed by atoms with van der Waals surface area (Å²) in [5.41, 5.74) is 1.42. The normalized spacial score (nSPS) is 10.3. The van der Waals surface area contributed by atoms with Crippen molar-refractivity contribution >= 4 is 0 Å². The van der Waals surface area contributed by atoms with E-state index in [1.165, 1.54) is 6.07 Å². The first-order valence-electron chi connectivity index (χ1n) is 4.63. The molecule has 0 saturated carbocycles. The Bertz CT molecular complexity index is 545. The molecule has 1 aromatic carbocycles. The van der Waals surface area contributed by atoms with E-state index in [1.807, 2.05) is 0 Å². The van der Waals surface area contributed by atoms with Crippen molar-refractivity contribution in [2.24, 2.45) is 0 Å². The van der Waals surface area contributed by atoms with Crippen LogP contribution in [0.5, 0.6) is 0 Å². The number of benzene rings is 1. The third kappa shape index (κ3) is 1.68. The van der Waals surface area contributed by atoms with Gasteiger partial charge in [-0.3, -0.25) is 4.79 Å². The number of hydrogen-bond donors (Lipinski definition) is 1. The van der Waals surface area contributed by atoms with Crippen molar-refractivity contribution in [2.75, 3.05) is 0 Å². The molecular formula is C12H10FNO. The van der Waals surface area contributed by atoms with Crippen molar-refractivity contribution in [1.82, 2.24) is 4.98 Å². The van der Waals surface area contributed by atoms with Crippen LogP contribution in [0.3, 0.4) is 0 Å². The van der Waals surface area contributed by atoms with E-state index in [0.717, 1.165) is 0 Å². The van der Waals surface area contributed by atoms with Gasteiger partial charge in [0, 0.05) is 11.8 Å². The van der Waals surface area contributed by atoms with E-state index in [4.69, 9.17) is 0 Å². The second-order valence-corrected chi connectivity index (χ2v) is 3.33. The molecule has 0 aliphatic carbocycles. The number of H-pyrrole nitrogens is 1. The topological polar surface area (TPSA) is 32.9 Å². The second-order valence-electron chi connectivity index (χ2n) is 3.33. The van der Waals surface area contributed by atoms with Crippen LogP contribution < -0.4 is 5.56 Å². The van der Waals surface area contributed by atoms with Gasteiger partial charge in [-0.15, -0.1) is 0 Å². The quantitative estimate of drug-likeness (QED) is 0.758. The second kappa shape index (κ2) is 3.69. The molecular weight excluding hydrogens is 193 g/mol. The minimum absolute atomic E-state index is 0.203. The molecule has 2 aromatic rings. The molecule has 0 atom stereocenters. The van der Waals surface area contributed by atoms with Crippen molar-refractivity contribution < 1.29 is 4.39 Å². The van der Waals surface area contributed by atoms with E-state index in [1.54, 1.807) is 37.4 Å². The Labute approximate surface area is 86.4 Å². The fourth-order valence-electron chi connectivity index (χ4n) is 1.53. The fourth-order valence-corrected chi connectivity index (χ4v) is 1.53. The molecule has 2 nitrogen and oxygen atoms in total. The number of hydrogen-bond acceptors (Lipinski definition) is 1. The van der Waals surface area contributed by atoms with Crippen molar-refractivity contribution in [1.29, 1.82) is 0 Å². The molecule has 0 unspecified atom stereocenters. The zero-order valence-corrected chi connectivity index (χ0v) is 8.25. The van der Waals surface area contributed by atoms with Gasteiger partial charge < -0.3 is 4.98 Å². The van der Waals surface area contributed by atoms with Gasteiger partial charge in [0.05, 0.1) is 0 Å². The predicted molar refractivity (Wildman–Crippen MR) is 57.2 cm³/mol. The van der Waals surface area contributed by atoms with E-state index in [9.17, 15) is 9.18 Å². The summed E-state index contributed by atoms with van der Waals surface area (Å²) < 4.78 is 13.3. The average molecular weight is 203 g/mol. The first-order valence-corrected chi connectivity index (χ1v) is 4.63. The summed E-state index contributed by atoms with van der Waals surface area (Å²) in [6.45, 7) is 1.66. The molecule has 0 spiro atoms. The standard InChI is InChI=1S/C12H10FNO/c1-8-9(4-2-6-11(8)13)10-5-3-7-14-12(10)15/h2-7H,1H3,(H,14,15). The van der Waals surface area contributed by atoms with E-state index < -0.39 is 0 Å². The van der Waals surface area contributed by atoms with Crippen LogP contribution in [0, 0.1) is 12.7 Å². The molecule has 3 heteroatoms. The van der Waals surface area contributed by atoms with Crippen molar-refractivity contribution in [3.63, 3.8) is 0 Å². The van der Waals surface area contributed by atoms with Crippen molar-refractivity contribution in [2.45, 2.75) is 6.92 Å². The van der Waals surface area contributed by atoms with E-state index >= 15 is 0 Å². The van der Waals surface area contributed by atoms with Crippen molar-refractivity contribution in [3.05, 3.63) is 58.3 Å². The lowest BCUT2D eigenvalue weighted by molar-refractivity contribution is 0.619. The highest BCUT2D eigenvalue weighted by Gasteiger charge is 2.07. The molecule has 0 aliphatic heterocycles. The van der Waals surface area contributed by atoms with Crippen molar-refractivity contribution in [3.8, 4) is 11.1 Å². The third-order valence-corrected chi connectivity index (χ3v) is 2.38. The summed E-state index contributed by atoms with van der Waals surface area (Å²) in [4.78, 5) is 14.1. The fraction of sp³-hybridized carbons (Fsp3) is 0.0833. The van der Waals surface area contributed by atoms with Gasteiger partial charge in [0.2, 0.25) is 0 Å². The summed E-state index contributed by atoms with van der Waals surface area (Å²) in [7, 11) is 0. The van der Waals surface area contributed by atoms with Gasteiger partial charge in [-0.1, -0.05) is 12.1 Å². The van der Waals surface area contributed by atoms with E-state index in [-0.39, 0.29) is 11.4 Å². The molecule has 1 heterocycles. The van der Waals surface area contributed by atoms with Crippen LogP contribution in [0.15, 0.2) is 41.3 Å². The Hall–Kier alpha value is -1.90. The first-order chi connectivity index (χ1) is 7.20. The number of nitrogens with one attached hydrogen (secondary N) is 1. The van der Waals surface area contributed by atoms with Gasteiger partial charge >= 0.3 is 0 Å². The maximum absolute atomic E-state index is 13.3. The lowest BCUT2D eigenvalue weighted by atomic mass is 10.0. The Kier molecular flexibility index (Phi) is 2.37. The smallest absolute Gasteiger partial charge is 0.255 e. The Morgan fingerprint density at radius 1 is 1.13 bits per heavy atom. The number of rotatable bonds is 1. The zero-order valence-electron chi connectivity index (χ0n) is 8.25. The third-order valence-electron chi connectivity index (χ3n) is 2.38. The molecule has 2 rings (SSSR count). The molecule has 1 N–H and O–H groups in total. The first kappa shape index (κ1) is 9.65. The zero-order chi connectivity index (χ0) is 10.8. The summed E-state index contributed by atoms with van der Waals surface area (Å²) in [5, 5.41) is 0. The Balaban J connectivity index is 2.70. The van der Waals surface area contributed by atoms with Crippen LogP contribution in [-0.4, -0.2) is 4.98 Å². The summed E-state index contributed by atoms with van der Waals surface area (Å²) in [6, 6.07) is 8.13. The minimum Gasteiger partial charge on any atom is -0.329 e. The van der Waals surface area contributed by atoms with E-state index in [2.05, 4.69) is 4.98 Å². The van der Waals surface area contributed by atoms with Crippen LogP contribution in [-0.2, 0) is 0 Å². The Morgan fingerprint density at radius 2 is 1.87 bits per heavy atom. The van der Waals surface area contributed by atoms with Crippen LogP contribution in [0.2, 0.25) is 0 Å². The van der Waals surface area contributed by atoms with Gasteiger partial charge in [-0.25, -0.2) is 4.39 Å². The van der Waals surface area contributed by atoms with Crippen LogP contribution in [0.4, 0.5) is 4.39 Å². The van der Waals surface area contributed by atoms with Gasteiger partial charge in [-0.2, -0.15) is 0 Å².